The van der Waals surface area contributed by atoms with Crippen LogP contribution in [0, 0.1) is 0 Å². The molecule has 1 amide bonds. The molecule has 0 aliphatic rings. The second kappa shape index (κ2) is 10.2. The Kier molecular flexibility index (Phi) is 7.94. The number of hydrogen-bond donors (Lipinski definition) is 2. The fraction of sp³-hybridized carbons (Fsp3) is 0.389. The summed E-state index contributed by atoms with van der Waals surface area (Å²) in [6, 6.07) is 3.46. The lowest BCUT2D eigenvalue weighted by molar-refractivity contribution is -0.152. The monoisotopic (exact) mass is 423 g/mol. The number of benzene rings is 1. The number of ether oxygens (including phenoxy) is 1. The van der Waals surface area contributed by atoms with Gasteiger partial charge in [0.25, 0.3) is 0 Å². The number of Topliss-reactive ketones (excluding diaryl/α,β-unsaturated/α-hetero) is 1. The molecule has 0 fully saturated rings. The van der Waals surface area contributed by atoms with Gasteiger partial charge < -0.3 is 9.84 Å². The van der Waals surface area contributed by atoms with Crippen LogP contribution in [0.3, 0.4) is 0 Å². The molecule has 2 aromatic rings. The van der Waals surface area contributed by atoms with Crippen LogP contribution in [0.5, 0.6) is 5.75 Å². The van der Waals surface area contributed by atoms with E-state index < -0.39 is 11.9 Å². The van der Waals surface area contributed by atoms with Crippen molar-refractivity contribution < 1.29 is 24.2 Å². The molecule has 0 saturated heterocycles. The third-order valence-electron chi connectivity index (χ3n) is 3.70. The summed E-state index contributed by atoms with van der Waals surface area (Å²) in [5.41, 5.74) is 1.97. The summed E-state index contributed by atoms with van der Waals surface area (Å²) in [6.07, 6.45) is 1.48. The predicted octanol–water partition coefficient (Wildman–Crippen LogP) is 3.19. The Bertz CT molecular complexity index is 882. The Morgan fingerprint density at radius 1 is 1.25 bits per heavy atom. The van der Waals surface area contributed by atoms with E-state index in [-0.39, 0.29) is 23.3 Å². The van der Waals surface area contributed by atoms with Crippen molar-refractivity contribution in [1.29, 1.82) is 0 Å². The quantitative estimate of drug-likeness (QED) is 0.218. The van der Waals surface area contributed by atoms with Gasteiger partial charge >= 0.3 is 11.9 Å². The second-order valence-electron chi connectivity index (χ2n) is 5.74. The van der Waals surface area contributed by atoms with Crippen LogP contribution < -0.4 is 5.32 Å². The number of hydrogen-bond acceptors (Lipinski definition) is 9. The molecule has 1 heterocycles. The molecule has 150 valence electrons. The van der Waals surface area contributed by atoms with Crippen LogP contribution in [0.25, 0.3) is 0 Å². The van der Waals surface area contributed by atoms with Crippen molar-refractivity contribution in [1.82, 2.24) is 10.2 Å². The highest BCUT2D eigenvalue weighted by molar-refractivity contribution is 8.00. The molecular weight excluding hydrogens is 402 g/mol. The summed E-state index contributed by atoms with van der Waals surface area (Å²) in [5, 5.41) is 20.8. The third kappa shape index (κ3) is 5.52. The van der Waals surface area contributed by atoms with Crippen molar-refractivity contribution in [3.63, 3.8) is 0 Å². The molecule has 2 N–H and O–H groups in total. The van der Waals surface area contributed by atoms with Gasteiger partial charge in [-0.3, -0.25) is 14.9 Å². The number of nitrogens with zero attached hydrogens (tertiary/aromatic N) is 2. The van der Waals surface area contributed by atoms with Gasteiger partial charge in [0, 0.05) is 5.75 Å². The van der Waals surface area contributed by atoms with Gasteiger partial charge in [-0.25, -0.2) is 4.79 Å². The second-order valence-corrected chi connectivity index (χ2v) is 7.94. The Hall–Kier alpha value is -2.46. The highest BCUT2D eigenvalue weighted by atomic mass is 32.2. The van der Waals surface area contributed by atoms with E-state index in [0.29, 0.717) is 22.1 Å². The first-order valence-electron chi connectivity index (χ1n) is 8.66. The van der Waals surface area contributed by atoms with Crippen molar-refractivity contribution in [2.24, 2.45) is 0 Å². The molecule has 0 aliphatic carbocycles. The zero-order chi connectivity index (χ0) is 20.7. The highest BCUT2D eigenvalue weighted by Gasteiger charge is 2.18. The number of aromatic hydroxyl groups is 1. The lowest BCUT2D eigenvalue weighted by Gasteiger charge is -2.12. The molecular formula is C18H21N3O5S2. The maximum atomic E-state index is 11.6. The standard InChI is InChI=1S/C18H21N3O5S2/c1-4-6-13-11(7-8-12(10(3)22)14(13)23)9-27-18-21-20-17(28-18)19-15(24)16(25)26-5-2/h7-8,23H,4-6,9H2,1-3H3,(H,19,20,24). The molecule has 2 rings (SSSR count). The fourth-order valence-electron chi connectivity index (χ4n) is 2.43. The first-order chi connectivity index (χ1) is 13.4. The van der Waals surface area contributed by atoms with Crippen molar-refractivity contribution in [3.05, 3.63) is 28.8 Å². The van der Waals surface area contributed by atoms with E-state index >= 15 is 0 Å². The normalized spacial score (nSPS) is 10.5. The number of esters is 1. The maximum absolute atomic E-state index is 11.6. The Morgan fingerprint density at radius 2 is 2.00 bits per heavy atom. The van der Waals surface area contributed by atoms with Gasteiger partial charge in [-0.1, -0.05) is 42.5 Å². The van der Waals surface area contributed by atoms with Gasteiger partial charge in [0.05, 0.1) is 12.2 Å². The predicted molar refractivity (Wildman–Crippen MR) is 107 cm³/mol. The Balaban J connectivity index is 2.07. The van der Waals surface area contributed by atoms with Gasteiger partial charge in [-0.15, -0.1) is 10.2 Å². The molecule has 0 radical (unpaired) electrons. The average molecular weight is 424 g/mol. The number of aromatic nitrogens is 2. The number of rotatable bonds is 8. The maximum Gasteiger partial charge on any atom is 0.397 e. The average Bonchev–Trinajstić information content (AvgIpc) is 3.09. The largest absolute Gasteiger partial charge is 0.507 e. The molecule has 0 bridgehead atoms. The number of phenols is 1. The summed E-state index contributed by atoms with van der Waals surface area (Å²) >= 11 is 2.52. The molecule has 0 unspecified atom stereocenters. The van der Waals surface area contributed by atoms with Crippen LogP contribution in [0.4, 0.5) is 5.13 Å². The van der Waals surface area contributed by atoms with Crippen LogP contribution in [0.15, 0.2) is 16.5 Å². The van der Waals surface area contributed by atoms with E-state index in [1.54, 1.807) is 13.0 Å². The summed E-state index contributed by atoms with van der Waals surface area (Å²) in [7, 11) is 0. The number of anilines is 1. The number of nitrogens with one attached hydrogen (secondary N) is 1. The zero-order valence-electron chi connectivity index (χ0n) is 15.8. The number of thioether (sulfide) groups is 1. The van der Waals surface area contributed by atoms with Gasteiger partial charge in [-0.2, -0.15) is 0 Å². The Labute approximate surface area is 170 Å². The topological polar surface area (TPSA) is 118 Å². The Morgan fingerprint density at radius 3 is 2.64 bits per heavy atom. The van der Waals surface area contributed by atoms with Crippen molar-refractivity contribution >= 4 is 45.9 Å². The summed E-state index contributed by atoms with van der Waals surface area (Å²) in [6.45, 7) is 5.14. The lowest BCUT2D eigenvalue weighted by atomic mass is 9.98. The van der Waals surface area contributed by atoms with E-state index in [4.69, 9.17) is 0 Å². The molecule has 0 spiro atoms. The molecule has 10 heteroatoms. The molecule has 1 aromatic carbocycles. The van der Waals surface area contributed by atoms with Gasteiger partial charge in [0.2, 0.25) is 5.13 Å². The van der Waals surface area contributed by atoms with Crippen molar-refractivity contribution in [3.8, 4) is 5.75 Å². The number of carbonyl (C=O) groups excluding carboxylic acids is 3. The minimum atomic E-state index is -0.975. The van der Waals surface area contributed by atoms with E-state index in [2.05, 4.69) is 20.3 Å². The van der Waals surface area contributed by atoms with E-state index in [0.717, 1.165) is 28.9 Å². The van der Waals surface area contributed by atoms with Crippen LogP contribution in [0.2, 0.25) is 0 Å². The number of phenolic OH excluding ortho intramolecular Hbond substituents is 1. The number of carbonyl (C=O) groups is 3. The number of ketones is 1. The molecule has 0 saturated carbocycles. The van der Waals surface area contributed by atoms with Gasteiger partial charge in [0.1, 0.15) is 5.75 Å². The zero-order valence-corrected chi connectivity index (χ0v) is 17.4. The minimum Gasteiger partial charge on any atom is -0.507 e. The molecule has 1 aromatic heterocycles. The fourth-order valence-corrected chi connectivity index (χ4v) is 4.20. The first kappa shape index (κ1) is 21.8. The van der Waals surface area contributed by atoms with Gasteiger partial charge in [-0.05, 0) is 37.5 Å². The molecule has 0 aliphatic heterocycles. The molecule has 8 nitrogen and oxygen atoms in total. The van der Waals surface area contributed by atoms with Crippen molar-refractivity contribution in [2.75, 3.05) is 11.9 Å². The summed E-state index contributed by atoms with van der Waals surface area (Å²) in [5.74, 6) is -1.50. The molecule has 0 atom stereocenters. The minimum absolute atomic E-state index is 0.0344. The third-order valence-corrected chi connectivity index (χ3v) is 5.72. The van der Waals surface area contributed by atoms with Crippen LogP contribution in [-0.4, -0.2) is 39.6 Å². The smallest absolute Gasteiger partial charge is 0.397 e. The van der Waals surface area contributed by atoms with Gasteiger partial charge in [0.15, 0.2) is 10.1 Å². The van der Waals surface area contributed by atoms with E-state index in [1.165, 1.54) is 18.7 Å². The first-order valence-corrected chi connectivity index (χ1v) is 10.5. The number of amides is 1. The summed E-state index contributed by atoms with van der Waals surface area (Å²) in [4.78, 5) is 34.6. The summed E-state index contributed by atoms with van der Waals surface area (Å²) < 4.78 is 5.21. The van der Waals surface area contributed by atoms with Crippen LogP contribution >= 0.6 is 23.1 Å². The lowest BCUT2D eigenvalue weighted by Crippen LogP contribution is -2.24. The van der Waals surface area contributed by atoms with Crippen LogP contribution in [0.1, 0.15) is 48.7 Å². The SMILES string of the molecule is CCCc1c(CSc2nnc(NC(=O)C(=O)OCC)s2)ccc(C(C)=O)c1O. The van der Waals surface area contributed by atoms with E-state index in [9.17, 15) is 19.5 Å². The van der Waals surface area contributed by atoms with Crippen LogP contribution in [-0.2, 0) is 26.5 Å². The molecule has 28 heavy (non-hydrogen) atoms. The van der Waals surface area contributed by atoms with Crippen molar-refractivity contribution in [2.45, 2.75) is 43.7 Å². The van der Waals surface area contributed by atoms with E-state index in [1.807, 2.05) is 13.0 Å². The highest BCUT2D eigenvalue weighted by Crippen LogP contribution is 2.33.